The number of hydrogen-bond acceptors (Lipinski definition) is 0. The largest absolute Gasteiger partial charge is 0.416 e. The first-order valence-corrected chi connectivity index (χ1v) is 17.0. The Balaban J connectivity index is 1.55. The number of rotatable bonds is 2. The summed E-state index contributed by atoms with van der Waals surface area (Å²) in [5, 5.41) is 5.07. The van der Waals surface area contributed by atoms with Gasteiger partial charge in [-0.2, -0.15) is 26.3 Å². The van der Waals surface area contributed by atoms with Crippen molar-refractivity contribution in [1.82, 2.24) is 0 Å². The summed E-state index contributed by atoms with van der Waals surface area (Å²) in [6, 6.07) is 45.2. The maximum atomic E-state index is 13.4. The fraction of sp³-hybridized carbons (Fsp3) is 0.0417. The minimum absolute atomic E-state index is 0.414. The first-order chi connectivity index (χ1) is 26.1. The summed E-state index contributed by atoms with van der Waals surface area (Å²) in [5.41, 5.74) is 4.30. The van der Waals surface area contributed by atoms with E-state index < -0.39 is 23.5 Å². The minimum Gasteiger partial charge on any atom is -0.166 e. The van der Waals surface area contributed by atoms with Gasteiger partial charge in [-0.3, -0.25) is 0 Å². The number of benzene rings is 8. The molecule has 0 heterocycles. The van der Waals surface area contributed by atoms with Gasteiger partial charge in [0, 0.05) is 33.0 Å². The molecule has 0 amide bonds. The number of hydrogen-bond donors (Lipinski definition) is 0. The van der Waals surface area contributed by atoms with Gasteiger partial charge in [0.25, 0.3) is 0 Å². The molecule has 0 unspecified atom stereocenters. The van der Waals surface area contributed by atoms with E-state index in [4.69, 9.17) is 0 Å². The highest BCUT2D eigenvalue weighted by Gasteiger charge is 2.31. The maximum absolute atomic E-state index is 13.4. The summed E-state index contributed by atoms with van der Waals surface area (Å²) in [6.07, 6.45) is -8.95. The third-order valence-corrected chi connectivity index (χ3v) is 9.39. The van der Waals surface area contributed by atoms with E-state index in [1.54, 1.807) is 0 Å². The van der Waals surface area contributed by atoms with Gasteiger partial charge in [0.05, 0.1) is 11.1 Å². The zero-order chi connectivity index (χ0) is 37.5. The van der Waals surface area contributed by atoms with Crippen LogP contribution in [-0.4, -0.2) is 0 Å². The Kier molecular flexibility index (Phi) is 8.68. The molecule has 0 saturated heterocycles. The van der Waals surface area contributed by atoms with Crippen molar-refractivity contribution in [3.8, 4) is 45.9 Å². The third-order valence-electron chi connectivity index (χ3n) is 9.39. The predicted molar refractivity (Wildman–Crippen MR) is 205 cm³/mol. The van der Waals surface area contributed by atoms with E-state index in [1.165, 1.54) is 24.3 Å². The number of fused-ring (bicyclic) bond motifs is 3. The standard InChI is InChI=1S/C48H26F6/c49-47(50,51)35-25-19-31(20-26-35)23-29-41-37-15-7-8-16-38(37)42(30-24-32-21-27-36(28-22-32)48(52,53)54)46-44(34-13-5-2-6-14-34)40-18-10-9-17-39(40)43(45(41)46)33-11-3-1-4-12-33/h1-22,25-28H. The van der Waals surface area contributed by atoms with Crippen LogP contribution in [0.5, 0.6) is 0 Å². The summed E-state index contributed by atoms with van der Waals surface area (Å²) < 4.78 is 80.5. The Bertz CT molecular complexity index is 2610. The van der Waals surface area contributed by atoms with E-state index in [2.05, 4.69) is 35.8 Å². The Hall–Kier alpha value is -6.76. The summed E-state index contributed by atoms with van der Waals surface area (Å²) in [4.78, 5) is 0. The lowest BCUT2D eigenvalue weighted by molar-refractivity contribution is -0.138. The van der Waals surface area contributed by atoms with Gasteiger partial charge >= 0.3 is 12.4 Å². The normalized spacial score (nSPS) is 11.6. The average molecular weight is 717 g/mol. The zero-order valence-corrected chi connectivity index (χ0v) is 28.3. The Morgan fingerprint density at radius 1 is 0.315 bits per heavy atom. The van der Waals surface area contributed by atoms with Crippen LogP contribution in [0.15, 0.2) is 158 Å². The summed E-state index contributed by atoms with van der Waals surface area (Å²) in [7, 11) is 0. The molecule has 54 heavy (non-hydrogen) atoms. The van der Waals surface area contributed by atoms with E-state index in [0.29, 0.717) is 22.3 Å². The van der Waals surface area contributed by atoms with Crippen molar-refractivity contribution in [2.75, 3.05) is 0 Å². The van der Waals surface area contributed by atoms with Gasteiger partial charge in [0.1, 0.15) is 0 Å². The molecule has 0 aliphatic carbocycles. The molecular weight excluding hydrogens is 691 g/mol. The van der Waals surface area contributed by atoms with Crippen LogP contribution in [0.4, 0.5) is 26.3 Å². The van der Waals surface area contributed by atoms with Gasteiger partial charge in [-0.05, 0) is 92.3 Å². The van der Waals surface area contributed by atoms with E-state index in [0.717, 1.165) is 78.8 Å². The van der Waals surface area contributed by atoms with Crippen LogP contribution in [0, 0.1) is 23.7 Å². The van der Waals surface area contributed by atoms with Crippen molar-refractivity contribution in [1.29, 1.82) is 0 Å². The molecule has 0 aromatic heterocycles. The van der Waals surface area contributed by atoms with Crippen molar-refractivity contribution in [3.05, 3.63) is 191 Å². The molecule has 260 valence electrons. The monoisotopic (exact) mass is 716 g/mol. The van der Waals surface area contributed by atoms with Crippen LogP contribution in [0.1, 0.15) is 33.4 Å². The van der Waals surface area contributed by atoms with E-state index in [-0.39, 0.29) is 0 Å². The highest BCUT2D eigenvalue weighted by atomic mass is 19.4. The quantitative estimate of drug-likeness (QED) is 0.0949. The molecule has 8 rings (SSSR count). The first kappa shape index (κ1) is 34.3. The molecule has 0 N–H and O–H groups in total. The molecule has 0 aliphatic heterocycles. The molecule has 8 aromatic rings. The second-order valence-electron chi connectivity index (χ2n) is 12.7. The molecule has 0 bridgehead atoms. The molecule has 0 fully saturated rings. The number of halogens is 6. The van der Waals surface area contributed by atoms with Gasteiger partial charge in [-0.15, -0.1) is 0 Å². The van der Waals surface area contributed by atoms with Crippen LogP contribution in [0.3, 0.4) is 0 Å². The van der Waals surface area contributed by atoms with Crippen molar-refractivity contribution in [2.24, 2.45) is 0 Å². The Labute approximate surface area is 307 Å². The lowest BCUT2D eigenvalue weighted by atomic mass is 9.80. The van der Waals surface area contributed by atoms with Crippen LogP contribution in [0.25, 0.3) is 54.6 Å². The summed E-state index contributed by atoms with van der Waals surface area (Å²) >= 11 is 0. The summed E-state index contributed by atoms with van der Waals surface area (Å²) in [5.74, 6) is 13.1. The van der Waals surface area contributed by atoms with Crippen molar-refractivity contribution in [2.45, 2.75) is 12.4 Å². The highest BCUT2D eigenvalue weighted by molar-refractivity contribution is 6.27. The van der Waals surface area contributed by atoms with Crippen LogP contribution < -0.4 is 0 Å². The van der Waals surface area contributed by atoms with Gasteiger partial charge < -0.3 is 0 Å². The van der Waals surface area contributed by atoms with Crippen molar-refractivity contribution >= 4 is 32.3 Å². The van der Waals surface area contributed by atoms with Crippen molar-refractivity contribution < 1.29 is 26.3 Å². The second-order valence-corrected chi connectivity index (χ2v) is 12.7. The maximum Gasteiger partial charge on any atom is 0.416 e. The molecule has 8 aromatic carbocycles. The van der Waals surface area contributed by atoms with Gasteiger partial charge in [-0.1, -0.05) is 133 Å². The highest BCUT2D eigenvalue weighted by Crippen LogP contribution is 2.48. The molecule has 0 atom stereocenters. The smallest absolute Gasteiger partial charge is 0.166 e. The second kappa shape index (κ2) is 13.7. The number of alkyl halides is 6. The van der Waals surface area contributed by atoms with Crippen molar-refractivity contribution in [3.63, 3.8) is 0 Å². The fourth-order valence-electron chi connectivity index (χ4n) is 6.95. The Morgan fingerprint density at radius 2 is 0.630 bits per heavy atom. The summed E-state index contributed by atoms with van der Waals surface area (Å²) in [6.45, 7) is 0. The Morgan fingerprint density at radius 3 is 0.963 bits per heavy atom. The lowest BCUT2D eigenvalue weighted by Gasteiger charge is -2.22. The van der Waals surface area contributed by atoms with Gasteiger partial charge in [-0.25, -0.2) is 0 Å². The van der Waals surface area contributed by atoms with Gasteiger partial charge in [0.15, 0.2) is 0 Å². The fourth-order valence-corrected chi connectivity index (χ4v) is 6.95. The SMILES string of the molecule is FC(F)(F)c1ccc(C#Cc2c3ccccc3c(C#Cc3ccc(C(F)(F)F)cc3)c3c(-c4ccccc4)c4ccccc4c(-c4ccccc4)c23)cc1. The van der Waals surface area contributed by atoms with E-state index >= 15 is 0 Å². The molecule has 6 heteroatoms. The van der Waals surface area contributed by atoms with Crippen LogP contribution in [0.2, 0.25) is 0 Å². The zero-order valence-electron chi connectivity index (χ0n) is 28.3. The van der Waals surface area contributed by atoms with Gasteiger partial charge in [0.2, 0.25) is 0 Å². The molecule has 0 aliphatic rings. The predicted octanol–water partition coefficient (Wildman–Crippen LogP) is 13.3. The topological polar surface area (TPSA) is 0 Å². The van der Waals surface area contributed by atoms with Crippen LogP contribution in [-0.2, 0) is 12.4 Å². The molecule has 0 saturated carbocycles. The molecule has 0 spiro atoms. The minimum atomic E-state index is -4.48. The average Bonchev–Trinajstić information content (AvgIpc) is 3.18. The first-order valence-electron chi connectivity index (χ1n) is 17.0. The lowest BCUT2D eigenvalue weighted by Crippen LogP contribution is -2.04. The van der Waals surface area contributed by atoms with E-state index in [1.807, 2.05) is 97.1 Å². The molecule has 0 nitrogen and oxygen atoms in total. The molecular formula is C48H26F6. The third kappa shape index (κ3) is 6.44. The van der Waals surface area contributed by atoms with E-state index in [9.17, 15) is 26.3 Å². The molecule has 0 radical (unpaired) electrons. The van der Waals surface area contributed by atoms with Crippen LogP contribution >= 0.6 is 0 Å².